The predicted molar refractivity (Wildman–Crippen MR) is 83.8 cm³/mol. The maximum atomic E-state index is 12.4. The second kappa shape index (κ2) is 6.26. The first-order valence-corrected chi connectivity index (χ1v) is 7.99. The van der Waals surface area contributed by atoms with Gasteiger partial charge in [0.25, 0.3) is 5.91 Å². The first-order valence-electron chi connectivity index (χ1n) is 7.20. The van der Waals surface area contributed by atoms with Crippen molar-refractivity contribution in [1.82, 2.24) is 14.7 Å². The van der Waals surface area contributed by atoms with Crippen molar-refractivity contribution in [2.75, 3.05) is 19.7 Å². The number of ether oxygens (including phenoxy) is 1. The van der Waals surface area contributed by atoms with Crippen LogP contribution in [0.1, 0.15) is 21.9 Å². The molecule has 1 atom stereocenters. The van der Waals surface area contributed by atoms with Gasteiger partial charge < -0.3 is 14.1 Å². The molecule has 0 radical (unpaired) electrons. The van der Waals surface area contributed by atoms with Crippen molar-refractivity contribution >= 4 is 21.8 Å². The zero-order chi connectivity index (χ0) is 15.7. The van der Waals surface area contributed by atoms with E-state index in [2.05, 4.69) is 21.0 Å². The molecule has 1 amide bonds. The Morgan fingerprint density at radius 1 is 1.45 bits per heavy atom. The lowest BCUT2D eigenvalue weighted by molar-refractivity contribution is -0.0311. The molecular formula is C15H18BrN3O3. The van der Waals surface area contributed by atoms with Gasteiger partial charge in [-0.3, -0.25) is 9.48 Å². The lowest BCUT2D eigenvalue weighted by Crippen LogP contribution is -2.47. The molecule has 0 aromatic carbocycles. The van der Waals surface area contributed by atoms with E-state index in [1.54, 1.807) is 17.0 Å². The minimum atomic E-state index is -0.104. The highest BCUT2D eigenvalue weighted by Crippen LogP contribution is 2.18. The summed E-state index contributed by atoms with van der Waals surface area (Å²) in [6.07, 6.45) is -0.0610. The van der Waals surface area contributed by atoms with Crippen LogP contribution in [0.25, 0.3) is 0 Å². The van der Waals surface area contributed by atoms with Crippen LogP contribution in [0.2, 0.25) is 0 Å². The number of nitrogens with zero attached hydrogens (tertiary/aromatic N) is 3. The Bertz CT molecular complexity index is 679. The second-order valence-corrected chi connectivity index (χ2v) is 6.24. The first kappa shape index (κ1) is 15.3. The topological polar surface area (TPSA) is 60.5 Å². The fourth-order valence-electron chi connectivity index (χ4n) is 2.65. The number of rotatable bonds is 3. The maximum Gasteiger partial charge on any atom is 0.289 e. The largest absolute Gasteiger partial charge is 0.444 e. The van der Waals surface area contributed by atoms with Crippen molar-refractivity contribution in [1.29, 1.82) is 0 Å². The standard InChI is InChI=1S/C15H18BrN3O3/c1-10-7-11(2)19(17-10)9-12-8-18(5-6-21-12)15(20)13-3-4-14(16)22-13/h3-4,7,12H,5-6,8-9H2,1-2H3. The van der Waals surface area contributed by atoms with Gasteiger partial charge in [-0.2, -0.15) is 5.10 Å². The molecule has 118 valence electrons. The van der Waals surface area contributed by atoms with Gasteiger partial charge in [0.15, 0.2) is 10.4 Å². The molecule has 2 aromatic rings. The number of hydrogen-bond donors (Lipinski definition) is 0. The summed E-state index contributed by atoms with van der Waals surface area (Å²) in [5, 5.41) is 4.44. The fourth-order valence-corrected chi connectivity index (χ4v) is 2.96. The van der Waals surface area contributed by atoms with Gasteiger partial charge >= 0.3 is 0 Å². The highest BCUT2D eigenvalue weighted by Gasteiger charge is 2.27. The van der Waals surface area contributed by atoms with E-state index in [9.17, 15) is 4.79 Å². The SMILES string of the molecule is Cc1cc(C)n(CC2CN(C(=O)c3ccc(Br)o3)CCO2)n1. The van der Waals surface area contributed by atoms with Gasteiger partial charge in [-0.1, -0.05) is 0 Å². The third-order valence-corrected chi connectivity index (χ3v) is 4.12. The highest BCUT2D eigenvalue weighted by molar-refractivity contribution is 9.10. The minimum Gasteiger partial charge on any atom is -0.444 e. The number of aromatic nitrogens is 2. The van der Waals surface area contributed by atoms with Gasteiger partial charge in [-0.15, -0.1) is 0 Å². The Kier molecular flexibility index (Phi) is 4.35. The molecule has 0 bridgehead atoms. The van der Waals surface area contributed by atoms with E-state index >= 15 is 0 Å². The molecule has 1 aliphatic heterocycles. The Hall–Kier alpha value is -1.60. The molecule has 2 aromatic heterocycles. The van der Waals surface area contributed by atoms with Gasteiger partial charge in [-0.25, -0.2) is 0 Å². The molecule has 22 heavy (non-hydrogen) atoms. The molecule has 1 aliphatic rings. The zero-order valence-electron chi connectivity index (χ0n) is 12.6. The van der Waals surface area contributed by atoms with Crippen LogP contribution < -0.4 is 0 Å². The van der Waals surface area contributed by atoms with Crippen molar-refractivity contribution < 1.29 is 13.9 Å². The van der Waals surface area contributed by atoms with Crippen molar-refractivity contribution in [3.8, 4) is 0 Å². The van der Waals surface area contributed by atoms with Crippen molar-refractivity contribution in [2.24, 2.45) is 0 Å². The monoisotopic (exact) mass is 367 g/mol. The van der Waals surface area contributed by atoms with Crippen molar-refractivity contribution in [3.63, 3.8) is 0 Å². The molecule has 7 heteroatoms. The van der Waals surface area contributed by atoms with E-state index in [-0.39, 0.29) is 12.0 Å². The number of morpholine rings is 1. The van der Waals surface area contributed by atoms with Crippen LogP contribution in [0.5, 0.6) is 0 Å². The number of carbonyl (C=O) groups is 1. The molecule has 3 heterocycles. The summed E-state index contributed by atoms with van der Waals surface area (Å²) >= 11 is 3.22. The summed E-state index contributed by atoms with van der Waals surface area (Å²) in [5.74, 6) is 0.242. The molecule has 0 aliphatic carbocycles. The summed E-state index contributed by atoms with van der Waals surface area (Å²) in [6, 6.07) is 5.44. The third kappa shape index (κ3) is 3.25. The average Bonchev–Trinajstić information content (AvgIpc) is 3.05. The highest BCUT2D eigenvalue weighted by atomic mass is 79.9. The van der Waals surface area contributed by atoms with E-state index in [1.807, 2.05) is 24.6 Å². The zero-order valence-corrected chi connectivity index (χ0v) is 14.2. The maximum absolute atomic E-state index is 12.4. The number of hydrogen-bond acceptors (Lipinski definition) is 4. The lowest BCUT2D eigenvalue weighted by atomic mass is 10.2. The summed E-state index contributed by atoms with van der Waals surface area (Å²) < 4.78 is 13.6. The van der Waals surface area contributed by atoms with Crippen LogP contribution in [-0.2, 0) is 11.3 Å². The van der Waals surface area contributed by atoms with E-state index in [1.165, 1.54) is 0 Å². The van der Waals surface area contributed by atoms with E-state index in [0.717, 1.165) is 11.4 Å². The van der Waals surface area contributed by atoms with E-state index in [0.29, 0.717) is 36.7 Å². The van der Waals surface area contributed by atoms with Crippen molar-refractivity contribution in [2.45, 2.75) is 26.5 Å². The first-order chi connectivity index (χ1) is 10.5. The van der Waals surface area contributed by atoms with Gasteiger partial charge in [0, 0.05) is 18.8 Å². The van der Waals surface area contributed by atoms with Gasteiger partial charge in [-0.05, 0) is 48.0 Å². The van der Waals surface area contributed by atoms with Gasteiger partial charge in [0.2, 0.25) is 0 Å². The summed E-state index contributed by atoms with van der Waals surface area (Å²) in [7, 11) is 0. The van der Waals surface area contributed by atoms with Crippen LogP contribution in [-0.4, -0.2) is 46.4 Å². The number of aryl methyl sites for hydroxylation is 2. The van der Waals surface area contributed by atoms with Gasteiger partial charge in [0.05, 0.1) is 24.9 Å². The molecule has 6 nitrogen and oxygen atoms in total. The molecule has 1 unspecified atom stereocenters. The lowest BCUT2D eigenvalue weighted by Gasteiger charge is -2.32. The fraction of sp³-hybridized carbons (Fsp3) is 0.467. The molecular weight excluding hydrogens is 350 g/mol. The predicted octanol–water partition coefficient (Wildman–Crippen LogP) is 2.40. The Labute approximate surface area is 137 Å². The van der Waals surface area contributed by atoms with E-state index in [4.69, 9.17) is 9.15 Å². The van der Waals surface area contributed by atoms with Crippen molar-refractivity contribution in [3.05, 3.63) is 40.0 Å². The normalized spacial score (nSPS) is 18.7. The Morgan fingerprint density at radius 3 is 2.91 bits per heavy atom. The number of halogens is 1. The number of furan rings is 1. The molecule has 1 saturated heterocycles. The second-order valence-electron chi connectivity index (χ2n) is 5.46. The van der Waals surface area contributed by atoms with E-state index < -0.39 is 0 Å². The van der Waals surface area contributed by atoms with Crippen LogP contribution in [0.4, 0.5) is 0 Å². The van der Waals surface area contributed by atoms with Gasteiger partial charge in [0.1, 0.15) is 0 Å². The summed E-state index contributed by atoms with van der Waals surface area (Å²) in [6.45, 7) is 6.27. The number of carbonyl (C=O) groups excluding carboxylic acids is 1. The van der Waals surface area contributed by atoms with Crippen LogP contribution >= 0.6 is 15.9 Å². The number of amides is 1. The Morgan fingerprint density at radius 2 is 2.27 bits per heavy atom. The molecule has 0 saturated carbocycles. The summed E-state index contributed by atoms with van der Waals surface area (Å²) in [4.78, 5) is 14.2. The minimum absolute atomic E-state index is 0.0610. The molecule has 3 rings (SSSR count). The van der Waals surface area contributed by atoms with Crippen LogP contribution in [0.15, 0.2) is 27.3 Å². The quantitative estimate of drug-likeness (QED) is 0.835. The Balaban J connectivity index is 1.66. The third-order valence-electron chi connectivity index (χ3n) is 3.69. The molecule has 0 N–H and O–H groups in total. The average molecular weight is 368 g/mol. The molecule has 1 fully saturated rings. The molecule has 0 spiro atoms. The van der Waals surface area contributed by atoms with Crippen LogP contribution in [0, 0.1) is 13.8 Å². The summed E-state index contributed by atoms with van der Waals surface area (Å²) in [5.41, 5.74) is 2.08. The van der Waals surface area contributed by atoms with Crippen LogP contribution in [0.3, 0.4) is 0 Å². The smallest absolute Gasteiger partial charge is 0.289 e.